The van der Waals surface area contributed by atoms with Crippen LogP contribution in [0, 0.1) is 11.7 Å². The van der Waals surface area contributed by atoms with Crippen LogP contribution in [0.2, 0.25) is 0 Å². The number of nitrogens with one attached hydrogen (secondary N) is 1. The molecule has 0 heterocycles. The fourth-order valence-corrected chi connectivity index (χ4v) is 4.97. The molecule has 1 fully saturated rings. The van der Waals surface area contributed by atoms with Gasteiger partial charge in [0.15, 0.2) is 11.5 Å². The van der Waals surface area contributed by atoms with Crippen LogP contribution >= 0.6 is 0 Å². The van der Waals surface area contributed by atoms with Crippen LogP contribution in [-0.2, 0) is 28.6 Å². The van der Waals surface area contributed by atoms with Crippen molar-refractivity contribution in [3.05, 3.63) is 52.9 Å². The molecule has 1 aliphatic carbocycles. The Morgan fingerprint density at radius 3 is 2.36 bits per heavy atom. The van der Waals surface area contributed by atoms with Crippen molar-refractivity contribution in [2.24, 2.45) is 10.9 Å². The Morgan fingerprint density at radius 1 is 1.15 bits per heavy atom. The first kappa shape index (κ1) is 31.5. The molecule has 0 saturated heterocycles. The molecule has 1 saturated carbocycles. The highest BCUT2D eigenvalue weighted by atomic mass is 19.1. The molecule has 39 heavy (non-hydrogen) atoms. The Labute approximate surface area is 229 Å². The molecule has 0 radical (unpaired) electrons. The minimum Gasteiger partial charge on any atom is -0.496 e. The van der Waals surface area contributed by atoms with Gasteiger partial charge in [-0.25, -0.2) is 9.18 Å². The van der Waals surface area contributed by atoms with Gasteiger partial charge in [0.05, 0.1) is 14.2 Å². The number of carbonyl (C=O) groups is 3. The second-order valence-electron chi connectivity index (χ2n) is 9.43. The van der Waals surface area contributed by atoms with Gasteiger partial charge in [0.1, 0.15) is 23.7 Å². The average Bonchev–Trinajstić information content (AvgIpc) is 2.90. The van der Waals surface area contributed by atoms with Gasteiger partial charge in [-0.15, -0.1) is 0 Å². The van der Waals surface area contributed by atoms with E-state index in [2.05, 4.69) is 17.0 Å². The lowest BCUT2D eigenvalue weighted by molar-refractivity contribution is -0.153. The molecule has 1 aromatic carbocycles. The Hall–Kier alpha value is -3.69. The summed E-state index contributed by atoms with van der Waals surface area (Å²) in [5.74, 6) is -2.34. The zero-order valence-corrected chi connectivity index (χ0v) is 23.5. The van der Waals surface area contributed by atoms with Crippen molar-refractivity contribution < 1.29 is 37.7 Å². The largest absolute Gasteiger partial charge is 0.496 e. The Balaban J connectivity index is 2.28. The number of benzene rings is 1. The second-order valence-corrected chi connectivity index (χ2v) is 9.43. The summed E-state index contributed by atoms with van der Waals surface area (Å²) in [4.78, 5) is 41.5. The number of allylic oxidation sites excluding steroid dienone is 1. The lowest BCUT2D eigenvalue weighted by Crippen LogP contribution is -2.42. The van der Waals surface area contributed by atoms with E-state index in [0.29, 0.717) is 5.75 Å². The fraction of sp³-hybridized carbons (Fsp3) is 0.517. The van der Waals surface area contributed by atoms with Gasteiger partial charge in [0.2, 0.25) is 5.76 Å². The third-order valence-corrected chi connectivity index (χ3v) is 6.76. The van der Waals surface area contributed by atoms with Crippen LogP contribution in [0.5, 0.6) is 5.75 Å². The van der Waals surface area contributed by atoms with E-state index in [4.69, 9.17) is 18.9 Å². The first-order valence-electron chi connectivity index (χ1n) is 13.0. The lowest BCUT2D eigenvalue weighted by Gasteiger charge is -2.35. The van der Waals surface area contributed by atoms with E-state index in [1.54, 1.807) is 19.9 Å². The molecule has 9 nitrogen and oxygen atoms in total. The van der Waals surface area contributed by atoms with Gasteiger partial charge in [0.25, 0.3) is 5.91 Å². The van der Waals surface area contributed by atoms with E-state index >= 15 is 0 Å². The molecule has 0 aromatic heterocycles. The van der Waals surface area contributed by atoms with Gasteiger partial charge >= 0.3 is 11.9 Å². The summed E-state index contributed by atoms with van der Waals surface area (Å²) in [5, 5.41) is 2.53. The first-order chi connectivity index (χ1) is 18.6. The van der Waals surface area contributed by atoms with Crippen LogP contribution in [0.1, 0.15) is 71.3 Å². The molecule has 3 atom stereocenters. The van der Waals surface area contributed by atoms with Gasteiger partial charge in [-0.1, -0.05) is 25.3 Å². The predicted molar refractivity (Wildman–Crippen MR) is 145 cm³/mol. The maximum absolute atomic E-state index is 13.9. The molecule has 10 heteroatoms. The van der Waals surface area contributed by atoms with Crippen LogP contribution in [0.15, 0.2) is 46.5 Å². The van der Waals surface area contributed by atoms with E-state index in [-0.39, 0.29) is 29.1 Å². The van der Waals surface area contributed by atoms with E-state index in [1.807, 2.05) is 0 Å². The SMILES string of the molecule is C=N/C(C(=O)N[C@@H](C)C(=O)O[C@@H](C)[C@@H](c1ccc(F)cc1OC)C1CCCCC1)=C(OC(C)=O)\C(=C/C)OC. The van der Waals surface area contributed by atoms with Crippen molar-refractivity contribution in [2.75, 3.05) is 14.2 Å². The van der Waals surface area contributed by atoms with Crippen LogP contribution in [-0.4, -0.2) is 50.9 Å². The highest BCUT2D eigenvalue weighted by Gasteiger charge is 2.35. The molecule has 1 aromatic rings. The smallest absolute Gasteiger partial charge is 0.328 e. The number of hydrogen-bond donors (Lipinski definition) is 1. The number of carbonyl (C=O) groups excluding carboxylic acids is 3. The minimum absolute atomic E-state index is 0.0928. The Morgan fingerprint density at radius 2 is 1.82 bits per heavy atom. The second kappa shape index (κ2) is 15.0. The van der Waals surface area contributed by atoms with Crippen LogP contribution in [0.3, 0.4) is 0 Å². The number of halogens is 1. The number of nitrogens with zero attached hydrogens (tertiary/aromatic N) is 1. The number of esters is 2. The van der Waals surface area contributed by atoms with Crippen molar-refractivity contribution in [2.45, 2.75) is 77.9 Å². The predicted octanol–water partition coefficient (Wildman–Crippen LogP) is 4.96. The number of amides is 1. The molecule has 1 aliphatic rings. The minimum atomic E-state index is -1.08. The van der Waals surface area contributed by atoms with Crippen molar-refractivity contribution in [3.63, 3.8) is 0 Å². The molecule has 0 unspecified atom stereocenters. The van der Waals surface area contributed by atoms with Gasteiger partial charge in [-0.3, -0.25) is 14.6 Å². The van der Waals surface area contributed by atoms with Crippen LogP contribution < -0.4 is 10.1 Å². The van der Waals surface area contributed by atoms with Gasteiger partial charge < -0.3 is 24.3 Å². The van der Waals surface area contributed by atoms with E-state index in [0.717, 1.165) is 37.7 Å². The Kier molecular flexibility index (Phi) is 12.2. The zero-order chi connectivity index (χ0) is 29.1. The van der Waals surface area contributed by atoms with Crippen molar-refractivity contribution in [1.29, 1.82) is 0 Å². The number of ether oxygens (including phenoxy) is 4. The maximum atomic E-state index is 13.9. The van der Waals surface area contributed by atoms with E-state index in [9.17, 15) is 18.8 Å². The van der Waals surface area contributed by atoms with Gasteiger partial charge in [0, 0.05) is 24.5 Å². The molecule has 1 amide bonds. The molecule has 2 rings (SSSR count). The van der Waals surface area contributed by atoms with Crippen LogP contribution in [0.25, 0.3) is 0 Å². The third-order valence-electron chi connectivity index (χ3n) is 6.76. The fourth-order valence-electron chi connectivity index (χ4n) is 4.97. The van der Waals surface area contributed by atoms with E-state index < -0.39 is 35.8 Å². The van der Waals surface area contributed by atoms with Crippen molar-refractivity contribution in [1.82, 2.24) is 5.32 Å². The summed E-state index contributed by atoms with van der Waals surface area (Å²) in [6.07, 6.45) is 6.05. The number of rotatable bonds is 12. The third kappa shape index (κ3) is 8.40. The highest BCUT2D eigenvalue weighted by molar-refractivity contribution is 5.97. The lowest BCUT2D eigenvalue weighted by atomic mass is 9.74. The molecule has 214 valence electrons. The summed E-state index contributed by atoms with van der Waals surface area (Å²) >= 11 is 0. The summed E-state index contributed by atoms with van der Waals surface area (Å²) in [7, 11) is 2.83. The van der Waals surface area contributed by atoms with Crippen molar-refractivity contribution >= 4 is 24.6 Å². The molecular formula is C29H39FN2O7. The summed E-state index contributed by atoms with van der Waals surface area (Å²) in [6.45, 7) is 9.45. The van der Waals surface area contributed by atoms with Gasteiger partial charge in [-0.05, 0) is 58.4 Å². The number of methoxy groups -OCH3 is 2. The van der Waals surface area contributed by atoms with Crippen molar-refractivity contribution in [3.8, 4) is 5.75 Å². The standard InChI is InChI=1S/C29H39FN2O7/c1-8-23(36-6)27(39-19(4)33)26(31-5)28(34)32-17(2)29(35)38-18(3)25(20-12-10-9-11-13-20)22-15-14-21(30)16-24(22)37-7/h8,14-18,20,25H,5,9-13H2,1-4,6-7H3,(H,32,34)/b23-8+,27-26+/t17-,18-,25+/m0/s1. The van der Waals surface area contributed by atoms with E-state index in [1.165, 1.54) is 46.3 Å². The maximum Gasteiger partial charge on any atom is 0.328 e. The van der Waals surface area contributed by atoms with Crippen LogP contribution in [0.4, 0.5) is 4.39 Å². The number of hydrogen-bond acceptors (Lipinski definition) is 8. The summed E-state index contributed by atoms with van der Waals surface area (Å²) in [5.41, 5.74) is 0.442. The summed E-state index contributed by atoms with van der Waals surface area (Å²) in [6, 6.07) is 3.31. The molecule has 0 spiro atoms. The normalized spacial score (nSPS) is 17.2. The highest BCUT2D eigenvalue weighted by Crippen LogP contribution is 2.42. The number of aliphatic imine (C=N–C) groups is 1. The first-order valence-corrected chi connectivity index (χ1v) is 13.0. The molecule has 0 aliphatic heterocycles. The van der Waals surface area contributed by atoms with Gasteiger partial charge in [-0.2, -0.15) is 0 Å². The summed E-state index contributed by atoms with van der Waals surface area (Å²) < 4.78 is 35.6. The zero-order valence-electron chi connectivity index (χ0n) is 23.5. The Bertz CT molecular complexity index is 1110. The average molecular weight is 547 g/mol. The molecular weight excluding hydrogens is 507 g/mol. The molecule has 0 bridgehead atoms. The topological polar surface area (TPSA) is 113 Å². The quantitative estimate of drug-likeness (QED) is 0.130. The molecule has 1 N–H and O–H groups in total. The monoisotopic (exact) mass is 546 g/mol.